The number of nitrogens with zero attached hydrogens (tertiary/aromatic N) is 1. The summed E-state index contributed by atoms with van der Waals surface area (Å²) in [4.78, 5) is 4.45. The molecule has 5 heteroatoms. The molecular formula is C25H27NO3S. The van der Waals surface area contributed by atoms with Crippen LogP contribution < -0.4 is 14.2 Å². The maximum atomic E-state index is 6.05. The molecule has 0 fully saturated rings. The SMILES string of the molecule is CN1COc2ccc(Oc3ccc(Sc4ccc(OC(C)(C)C)cc4)cc3)cc2C1. The molecule has 0 saturated heterocycles. The van der Waals surface area contributed by atoms with Crippen molar-refractivity contribution < 1.29 is 14.2 Å². The summed E-state index contributed by atoms with van der Waals surface area (Å²) in [5.41, 5.74) is 0.957. The van der Waals surface area contributed by atoms with E-state index in [4.69, 9.17) is 14.2 Å². The molecule has 0 unspecified atom stereocenters. The maximum absolute atomic E-state index is 6.05. The highest BCUT2D eigenvalue weighted by Gasteiger charge is 2.15. The zero-order chi connectivity index (χ0) is 21.1. The zero-order valence-electron chi connectivity index (χ0n) is 17.8. The van der Waals surface area contributed by atoms with Crippen molar-refractivity contribution in [2.75, 3.05) is 13.8 Å². The van der Waals surface area contributed by atoms with E-state index in [0.717, 1.165) is 40.0 Å². The van der Waals surface area contributed by atoms with Crippen LogP contribution in [0, 0.1) is 0 Å². The summed E-state index contributed by atoms with van der Waals surface area (Å²) < 4.78 is 17.6. The van der Waals surface area contributed by atoms with Gasteiger partial charge in [-0.15, -0.1) is 0 Å². The first-order valence-corrected chi connectivity index (χ1v) is 10.8. The van der Waals surface area contributed by atoms with Crippen molar-refractivity contribution in [3.8, 4) is 23.0 Å². The molecule has 0 radical (unpaired) electrons. The van der Waals surface area contributed by atoms with Crippen LogP contribution >= 0.6 is 11.8 Å². The Hall–Kier alpha value is -2.63. The van der Waals surface area contributed by atoms with Crippen LogP contribution in [0.25, 0.3) is 0 Å². The van der Waals surface area contributed by atoms with Crippen LogP contribution in [0.5, 0.6) is 23.0 Å². The standard InChI is InChI=1S/C25H27NO3S/c1-25(2,3)29-20-7-12-23(13-8-20)30-22-10-5-19(6-11-22)28-21-9-14-24-18(15-21)16-26(4)17-27-24/h5-15H,16-17H2,1-4H3. The number of ether oxygens (including phenoxy) is 3. The van der Waals surface area contributed by atoms with E-state index >= 15 is 0 Å². The van der Waals surface area contributed by atoms with Gasteiger partial charge in [0.15, 0.2) is 0 Å². The predicted molar refractivity (Wildman–Crippen MR) is 121 cm³/mol. The molecule has 0 spiro atoms. The van der Waals surface area contributed by atoms with Gasteiger partial charge in [0.2, 0.25) is 0 Å². The van der Waals surface area contributed by atoms with Crippen LogP contribution in [0.3, 0.4) is 0 Å². The third kappa shape index (κ3) is 5.49. The summed E-state index contributed by atoms with van der Waals surface area (Å²) in [6.07, 6.45) is 0. The normalized spacial score (nSPS) is 14.0. The van der Waals surface area contributed by atoms with E-state index in [1.54, 1.807) is 11.8 Å². The van der Waals surface area contributed by atoms with Gasteiger partial charge in [-0.1, -0.05) is 11.8 Å². The average Bonchev–Trinajstić information content (AvgIpc) is 2.69. The molecule has 0 aliphatic carbocycles. The summed E-state index contributed by atoms with van der Waals surface area (Å²) in [6, 6.07) is 22.3. The first-order valence-electron chi connectivity index (χ1n) is 10.0. The van der Waals surface area contributed by atoms with E-state index in [1.165, 1.54) is 4.90 Å². The molecule has 3 aromatic carbocycles. The first-order chi connectivity index (χ1) is 14.3. The second kappa shape index (κ2) is 8.62. The molecule has 4 rings (SSSR count). The lowest BCUT2D eigenvalue weighted by Gasteiger charge is -2.25. The van der Waals surface area contributed by atoms with E-state index in [-0.39, 0.29) is 5.60 Å². The van der Waals surface area contributed by atoms with Crippen LogP contribution in [-0.2, 0) is 6.54 Å². The van der Waals surface area contributed by atoms with Crippen molar-refractivity contribution in [1.29, 1.82) is 0 Å². The lowest BCUT2D eigenvalue weighted by molar-refractivity contribution is 0.121. The number of rotatable bonds is 5. The molecule has 0 saturated carbocycles. The molecule has 0 bridgehead atoms. The van der Waals surface area contributed by atoms with Crippen molar-refractivity contribution in [2.45, 2.75) is 42.7 Å². The summed E-state index contributed by atoms with van der Waals surface area (Å²) in [5.74, 6) is 3.46. The summed E-state index contributed by atoms with van der Waals surface area (Å²) in [7, 11) is 2.04. The topological polar surface area (TPSA) is 30.9 Å². The smallest absolute Gasteiger partial charge is 0.142 e. The molecule has 1 aliphatic heterocycles. The van der Waals surface area contributed by atoms with Gasteiger partial charge < -0.3 is 14.2 Å². The van der Waals surface area contributed by atoms with E-state index in [9.17, 15) is 0 Å². The van der Waals surface area contributed by atoms with Crippen LogP contribution in [0.15, 0.2) is 76.5 Å². The highest BCUT2D eigenvalue weighted by molar-refractivity contribution is 7.99. The Labute approximate surface area is 182 Å². The Morgan fingerprint density at radius 1 is 0.833 bits per heavy atom. The molecule has 0 aromatic heterocycles. The molecule has 156 valence electrons. The summed E-state index contributed by atoms with van der Waals surface area (Å²) >= 11 is 1.71. The van der Waals surface area contributed by atoms with Gasteiger partial charge in [-0.25, -0.2) is 0 Å². The van der Waals surface area contributed by atoms with Gasteiger partial charge in [-0.05, 0) is 94.5 Å². The molecule has 1 aliphatic rings. The highest BCUT2D eigenvalue weighted by atomic mass is 32.2. The van der Waals surface area contributed by atoms with E-state index < -0.39 is 0 Å². The van der Waals surface area contributed by atoms with Crippen molar-refractivity contribution in [3.63, 3.8) is 0 Å². The van der Waals surface area contributed by atoms with Gasteiger partial charge in [0, 0.05) is 21.9 Å². The summed E-state index contributed by atoms with van der Waals surface area (Å²) in [6.45, 7) is 7.64. The fourth-order valence-corrected chi connectivity index (χ4v) is 3.99. The fourth-order valence-electron chi connectivity index (χ4n) is 3.18. The Bertz CT molecular complexity index is 994. The van der Waals surface area contributed by atoms with E-state index in [0.29, 0.717) is 6.73 Å². The molecule has 30 heavy (non-hydrogen) atoms. The van der Waals surface area contributed by atoms with Gasteiger partial charge in [0.1, 0.15) is 35.3 Å². The Morgan fingerprint density at radius 2 is 1.43 bits per heavy atom. The lowest BCUT2D eigenvalue weighted by Crippen LogP contribution is -2.27. The minimum atomic E-state index is -0.189. The molecule has 0 amide bonds. The Balaban J connectivity index is 1.38. The van der Waals surface area contributed by atoms with Crippen LogP contribution in [0.4, 0.5) is 0 Å². The largest absolute Gasteiger partial charge is 0.488 e. The minimum absolute atomic E-state index is 0.189. The number of benzene rings is 3. The van der Waals surface area contributed by atoms with Crippen LogP contribution in [-0.4, -0.2) is 24.3 Å². The van der Waals surface area contributed by atoms with Crippen LogP contribution in [0.1, 0.15) is 26.3 Å². The third-order valence-electron chi connectivity index (χ3n) is 4.46. The van der Waals surface area contributed by atoms with Gasteiger partial charge in [-0.2, -0.15) is 0 Å². The van der Waals surface area contributed by atoms with Crippen molar-refractivity contribution in [3.05, 3.63) is 72.3 Å². The molecule has 3 aromatic rings. The molecule has 0 atom stereocenters. The second-order valence-electron chi connectivity index (χ2n) is 8.42. The molecular weight excluding hydrogens is 394 g/mol. The van der Waals surface area contributed by atoms with Gasteiger partial charge in [0.05, 0.1) is 0 Å². The van der Waals surface area contributed by atoms with Gasteiger partial charge >= 0.3 is 0 Å². The average molecular weight is 422 g/mol. The maximum Gasteiger partial charge on any atom is 0.142 e. The Morgan fingerprint density at radius 3 is 2.07 bits per heavy atom. The highest BCUT2D eigenvalue weighted by Crippen LogP contribution is 2.33. The summed E-state index contributed by atoms with van der Waals surface area (Å²) in [5, 5.41) is 0. The van der Waals surface area contributed by atoms with Gasteiger partial charge in [-0.3, -0.25) is 4.90 Å². The minimum Gasteiger partial charge on any atom is -0.488 e. The first kappa shape index (κ1) is 20.6. The molecule has 4 nitrogen and oxygen atoms in total. The zero-order valence-corrected chi connectivity index (χ0v) is 18.7. The lowest BCUT2D eigenvalue weighted by atomic mass is 10.1. The van der Waals surface area contributed by atoms with Crippen molar-refractivity contribution in [2.24, 2.45) is 0 Å². The van der Waals surface area contributed by atoms with Crippen molar-refractivity contribution >= 4 is 11.8 Å². The molecule has 0 N–H and O–H groups in total. The van der Waals surface area contributed by atoms with Crippen molar-refractivity contribution in [1.82, 2.24) is 4.90 Å². The number of fused-ring (bicyclic) bond motifs is 1. The molecule has 1 heterocycles. The van der Waals surface area contributed by atoms with E-state index in [1.807, 2.05) is 43.4 Å². The number of hydrogen-bond donors (Lipinski definition) is 0. The third-order valence-corrected chi connectivity index (χ3v) is 5.47. The van der Waals surface area contributed by atoms with Gasteiger partial charge in [0.25, 0.3) is 0 Å². The fraction of sp³-hybridized carbons (Fsp3) is 0.280. The predicted octanol–water partition coefficient (Wildman–Crippen LogP) is 6.59. The number of hydrogen-bond acceptors (Lipinski definition) is 5. The van der Waals surface area contributed by atoms with E-state index in [2.05, 4.69) is 56.0 Å². The second-order valence-corrected chi connectivity index (χ2v) is 9.57. The van der Waals surface area contributed by atoms with Crippen LogP contribution in [0.2, 0.25) is 0 Å². The Kier molecular flexibility index (Phi) is 5.93. The monoisotopic (exact) mass is 421 g/mol. The quantitative estimate of drug-likeness (QED) is 0.464.